The molecule has 2 amide bonds. The third-order valence-corrected chi connectivity index (χ3v) is 5.74. The molecule has 0 aliphatic heterocycles. The van der Waals surface area contributed by atoms with E-state index in [1.807, 2.05) is 24.3 Å². The van der Waals surface area contributed by atoms with Crippen LogP contribution < -0.4 is 10.6 Å². The van der Waals surface area contributed by atoms with E-state index in [1.165, 1.54) is 20.0 Å². The molecule has 1 aromatic heterocycles. The van der Waals surface area contributed by atoms with Gasteiger partial charge in [0.1, 0.15) is 12.1 Å². The maximum atomic E-state index is 12.4. The van der Waals surface area contributed by atoms with Crippen LogP contribution in [0.25, 0.3) is 11.1 Å². The van der Waals surface area contributed by atoms with Crippen molar-refractivity contribution in [1.82, 2.24) is 10.3 Å². The van der Waals surface area contributed by atoms with E-state index in [1.54, 1.807) is 12.1 Å². The smallest absolute Gasteiger partial charge is 0.411 e. The van der Waals surface area contributed by atoms with Crippen LogP contribution in [0, 0.1) is 0 Å². The molecule has 0 radical (unpaired) electrons. The molecule has 1 heterocycles. The quantitative estimate of drug-likeness (QED) is 0.492. The molecule has 8 heteroatoms. The summed E-state index contributed by atoms with van der Waals surface area (Å²) >= 11 is 0. The van der Waals surface area contributed by atoms with Crippen LogP contribution in [-0.2, 0) is 20.7 Å². The van der Waals surface area contributed by atoms with Crippen LogP contribution in [0.2, 0.25) is 0 Å². The maximum absolute atomic E-state index is 12.4. The zero-order valence-electron chi connectivity index (χ0n) is 18.9. The van der Waals surface area contributed by atoms with Gasteiger partial charge in [0.15, 0.2) is 0 Å². The summed E-state index contributed by atoms with van der Waals surface area (Å²) in [5.74, 6) is -1.62. The van der Waals surface area contributed by atoms with Crippen molar-refractivity contribution in [3.63, 3.8) is 0 Å². The molecular weight excluding hydrogens is 434 g/mol. The molecular formula is C26H25N3O5. The van der Waals surface area contributed by atoms with Gasteiger partial charge in [0.05, 0.1) is 18.3 Å². The number of nitrogens with zero attached hydrogens (tertiary/aromatic N) is 1. The van der Waals surface area contributed by atoms with Crippen LogP contribution in [0.3, 0.4) is 0 Å². The zero-order chi connectivity index (χ0) is 24.3. The largest absolute Gasteiger partial charge is 0.480 e. The second-order valence-corrected chi connectivity index (χ2v) is 8.64. The van der Waals surface area contributed by atoms with Gasteiger partial charge in [-0.2, -0.15) is 0 Å². The molecule has 34 heavy (non-hydrogen) atoms. The lowest BCUT2D eigenvalue weighted by Crippen LogP contribution is -2.50. The minimum Gasteiger partial charge on any atom is -0.480 e. The highest BCUT2D eigenvalue weighted by molar-refractivity contribution is 5.87. The molecule has 1 aliphatic carbocycles. The molecule has 4 rings (SSSR count). The number of carbonyl (C=O) groups is 3. The fourth-order valence-electron chi connectivity index (χ4n) is 3.97. The van der Waals surface area contributed by atoms with Crippen LogP contribution in [-0.4, -0.2) is 40.2 Å². The highest BCUT2D eigenvalue weighted by Crippen LogP contribution is 2.44. The minimum atomic E-state index is -1.37. The Labute approximate surface area is 197 Å². The minimum absolute atomic E-state index is 0.0350. The Hall–Kier alpha value is -4.20. The van der Waals surface area contributed by atoms with Gasteiger partial charge in [-0.1, -0.05) is 48.5 Å². The summed E-state index contributed by atoms with van der Waals surface area (Å²) in [7, 11) is 0. The topological polar surface area (TPSA) is 118 Å². The third-order valence-electron chi connectivity index (χ3n) is 5.74. The van der Waals surface area contributed by atoms with Crippen molar-refractivity contribution in [2.75, 3.05) is 11.9 Å². The van der Waals surface area contributed by atoms with Crippen molar-refractivity contribution in [2.45, 2.75) is 31.7 Å². The summed E-state index contributed by atoms with van der Waals surface area (Å²) in [5, 5.41) is 14.2. The molecule has 3 N–H and O–H groups in total. The van der Waals surface area contributed by atoms with E-state index in [0.717, 1.165) is 22.3 Å². The van der Waals surface area contributed by atoms with Gasteiger partial charge in [-0.3, -0.25) is 15.1 Å². The van der Waals surface area contributed by atoms with Crippen molar-refractivity contribution in [1.29, 1.82) is 0 Å². The monoisotopic (exact) mass is 459 g/mol. The highest BCUT2D eigenvalue weighted by Gasteiger charge is 2.30. The Morgan fingerprint density at radius 1 is 0.971 bits per heavy atom. The van der Waals surface area contributed by atoms with E-state index in [2.05, 4.69) is 39.9 Å². The van der Waals surface area contributed by atoms with Gasteiger partial charge >= 0.3 is 12.1 Å². The summed E-state index contributed by atoms with van der Waals surface area (Å²) < 4.78 is 5.52. The first-order chi connectivity index (χ1) is 16.2. The summed E-state index contributed by atoms with van der Waals surface area (Å²) in [5.41, 5.74) is 4.07. The number of aliphatic carboxylic acids is 1. The van der Waals surface area contributed by atoms with Gasteiger partial charge in [-0.05, 0) is 48.2 Å². The Bertz CT molecular complexity index is 1190. The number of ether oxygens (including phenoxy) is 1. The first-order valence-electron chi connectivity index (χ1n) is 10.9. The van der Waals surface area contributed by atoms with Crippen molar-refractivity contribution < 1.29 is 24.2 Å². The van der Waals surface area contributed by atoms with Crippen LogP contribution in [0.5, 0.6) is 0 Å². The predicted molar refractivity (Wildman–Crippen MR) is 126 cm³/mol. The Balaban J connectivity index is 1.33. The van der Waals surface area contributed by atoms with Crippen molar-refractivity contribution in [3.05, 3.63) is 83.7 Å². The SMILES string of the molecule is CC(C)(NC(=O)Cc1ccc(NC(=O)OCC2c3ccccc3-c3ccccc32)cn1)C(=O)O. The van der Waals surface area contributed by atoms with Gasteiger partial charge < -0.3 is 15.2 Å². The third kappa shape index (κ3) is 4.91. The number of fused-ring (bicyclic) bond motifs is 3. The number of rotatable bonds is 7. The first kappa shape index (κ1) is 23.0. The van der Waals surface area contributed by atoms with E-state index in [-0.39, 0.29) is 18.9 Å². The summed E-state index contributed by atoms with van der Waals surface area (Å²) in [6.45, 7) is 3.01. The zero-order valence-corrected chi connectivity index (χ0v) is 18.9. The number of hydrogen-bond donors (Lipinski definition) is 3. The number of carboxylic acid groups (broad SMARTS) is 1. The molecule has 0 saturated carbocycles. The second kappa shape index (κ2) is 9.35. The number of carboxylic acids is 1. The number of hydrogen-bond acceptors (Lipinski definition) is 5. The van der Waals surface area contributed by atoms with Crippen molar-refractivity contribution >= 4 is 23.7 Å². The average molecular weight is 460 g/mol. The number of benzene rings is 2. The number of anilines is 1. The molecule has 1 aliphatic rings. The van der Waals surface area contributed by atoms with Gasteiger partial charge in [-0.25, -0.2) is 9.59 Å². The van der Waals surface area contributed by atoms with Crippen LogP contribution in [0.15, 0.2) is 66.9 Å². The number of carbonyl (C=O) groups excluding carboxylic acids is 2. The van der Waals surface area contributed by atoms with E-state index >= 15 is 0 Å². The lowest BCUT2D eigenvalue weighted by Gasteiger charge is -2.20. The molecule has 0 atom stereocenters. The lowest BCUT2D eigenvalue weighted by molar-refractivity contribution is -0.145. The molecule has 0 spiro atoms. The standard InChI is InChI=1S/C26H25N3O5/c1-26(2,24(31)32)29-23(30)13-16-11-12-17(14-27-16)28-25(33)34-15-22-20-9-5-3-7-18(20)19-8-4-6-10-21(19)22/h3-12,14,22H,13,15H2,1-2H3,(H,28,33)(H,29,30)(H,31,32). The fourth-order valence-corrected chi connectivity index (χ4v) is 3.97. The number of amides is 2. The van der Waals surface area contributed by atoms with E-state index < -0.39 is 23.5 Å². The van der Waals surface area contributed by atoms with E-state index in [0.29, 0.717) is 11.4 Å². The first-order valence-corrected chi connectivity index (χ1v) is 10.9. The highest BCUT2D eigenvalue weighted by atomic mass is 16.5. The molecule has 0 bridgehead atoms. The molecule has 0 saturated heterocycles. The fraction of sp³-hybridized carbons (Fsp3) is 0.231. The van der Waals surface area contributed by atoms with Gasteiger partial charge in [-0.15, -0.1) is 0 Å². The van der Waals surface area contributed by atoms with Gasteiger partial charge in [0.2, 0.25) is 5.91 Å². The molecule has 174 valence electrons. The molecule has 0 fully saturated rings. The van der Waals surface area contributed by atoms with Crippen LogP contribution in [0.1, 0.15) is 36.6 Å². The average Bonchev–Trinajstić information content (AvgIpc) is 3.12. The van der Waals surface area contributed by atoms with E-state index in [4.69, 9.17) is 9.84 Å². The lowest BCUT2D eigenvalue weighted by atomic mass is 9.98. The number of pyridine rings is 1. The van der Waals surface area contributed by atoms with Gasteiger partial charge in [0, 0.05) is 11.6 Å². The summed E-state index contributed by atoms with van der Waals surface area (Å²) in [4.78, 5) is 39.8. The van der Waals surface area contributed by atoms with Crippen molar-refractivity contribution in [2.24, 2.45) is 0 Å². The predicted octanol–water partition coefficient (Wildman–Crippen LogP) is 3.96. The van der Waals surface area contributed by atoms with Crippen LogP contribution >= 0.6 is 0 Å². The normalized spacial score (nSPS) is 12.4. The summed E-state index contributed by atoms with van der Waals surface area (Å²) in [6, 6.07) is 19.4. The Morgan fingerprint density at radius 2 is 1.59 bits per heavy atom. The molecule has 0 unspecified atom stereocenters. The van der Waals surface area contributed by atoms with Gasteiger partial charge in [0.25, 0.3) is 0 Å². The van der Waals surface area contributed by atoms with Crippen molar-refractivity contribution in [3.8, 4) is 11.1 Å². The maximum Gasteiger partial charge on any atom is 0.411 e. The summed E-state index contributed by atoms with van der Waals surface area (Å²) in [6.07, 6.45) is 0.742. The van der Waals surface area contributed by atoms with E-state index in [9.17, 15) is 14.4 Å². The Morgan fingerprint density at radius 3 is 2.15 bits per heavy atom. The number of nitrogens with one attached hydrogen (secondary N) is 2. The molecule has 2 aromatic carbocycles. The second-order valence-electron chi connectivity index (χ2n) is 8.64. The molecule has 3 aromatic rings. The Kier molecular flexibility index (Phi) is 6.32. The van der Waals surface area contributed by atoms with Crippen LogP contribution in [0.4, 0.5) is 10.5 Å². The molecule has 8 nitrogen and oxygen atoms in total. The number of aromatic nitrogens is 1.